The minimum Gasteiger partial charge on any atom is -0.464 e. The van der Waals surface area contributed by atoms with Gasteiger partial charge in [0.1, 0.15) is 0 Å². The summed E-state index contributed by atoms with van der Waals surface area (Å²) in [7, 11) is 0. The van der Waals surface area contributed by atoms with E-state index in [0.717, 1.165) is 23.0 Å². The van der Waals surface area contributed by atoms with E-state index in [1.54, 1.807) is 13.8 Å². The van der Waals surface area contributed by atoms with Gasteiger partial charge in [0, 0.05) is 0 Å². The minimum atomic E-state index is -1.25. The lowest BCUT2D eigenvalue weighted by Crippen LogP contribution is -2.45. The fraction of sp³-hybridized carbons (Fsp3) is 0.682. The summed E-state index contributed by atoms with van der Waals surface area (Å²) in [5.74, 6) is 1.72. The van der Waals surface area contributed by atoms with Crippen LogP contribution in [0.1, 0.15) is 165 Å². The molecule has 50 heavy (non-hydrogen) atoms. The van der Waals surface area contributed by atoms with Gasteiger partial charge in [-0.2, -0.15) is 0 Å². The summed E-state index contributed by atoms with van der Waals surface area (Å²) >= 11 is 0. The predicted molar refractivity (Wildman–Crippen MR) is 201 cm³/mol. The summed E-state index contributed by atoms with van der Waals surface area (Å²) in [5.41, 5.74) is 4.61. The number of hydrogen-bond acceptors (Lipinski definition) is 6. The Hall–Kier alpha value is -2.70. The number of ether oxygens (including phenoxy) is 4. The van der Waals surface area contributed by atoms with Crippen LogP contribution in [-0.4, -0.2) is 37.4 Å². The quantitative estimate of drug-likeness (QED) is 0.0959. The summed E-state index contributed by atoms with van der Waals surface area (Å²) < 4.78 is 23.0. The van der Waals surface area contributed by atoms with E-state index in [1.165, 1.54) is 114 Å². The van der Waals surface area contributed by atoms with Crippen molar-refractivity contribution in [2.24, 2.45) is 11.8 Å². The van der Waals surface area contributed by atoms with Crippen molar-refractivity contribution in [3.05, 3.63) is 70.8 Å². The second-order valence-electron chi connectivity index (χ2n) is 14.9. The third kappa shape index (κ3) is 12.8. The molecule has 2 aromatic rings. The van der Waals surface area contributed by atoms with Crippen LogP contribution in [0.15, 0.2) is 48.5 Å². The average molecular weight is 691 g/mol. The highest BCUT2D eigenvalue weighted by molar-refractivity contribution is 5.85. The smallest absolute Gasteiger partial charge is 0.338 e. The maximum atomic E-state index is 13.2. The second-order valence-corrected chi connectivity index (χ2v) is 14.9. The van der Waals surface area contributed by atoms with Crippen LogP contribution >= 0.6 is 0 Å². The SMILES string of the molecule is CCCCCC1CCC(c2ccc(CO[C@@H](C(=O)OCC)[C@@H](OCc3ccc(C4CCC(CCCCC)CC4)cc3)C(=O)OCC)cc2)CC1. The Bertz CT molecular complexity index is 1130. The molecular weight excluding hydrogens is 624 g/mol. The number of benzene rings is 2. The first-order valence-corrected chi connectivity index (χ1v) is 20.2. The Morgan fingerprint density at radius 2 is 0.900 bits per heavy atom. The minimum absolute atomic E-state index is 0.155. The fourth-order valence-corrected chi connectivity index (χ4v) is 8.09. The van der Waals surface area contributed by atoms with E-state index < -0.39 is 24.1 Å². The fourth-order valence-electron chi connectivity index (χ4n) is 8.09. The zero-order chi connectivity index (χ0) is 35.6. The summed E-state index contributed by atoms with van der Waals surface area (Å²) in [5, 5.41) is 0. The molecule has 2 aliphatic carbocycles. The molecule has 2 aliphatic rings. The van der Waals surface area contributed by atoms with Crippen molar-refractivity contribution in [2.75, 3.05) is 13.2 Å². The topological polar surface area (TPSA) is 71.1 Å². The first-order valence-electron chi connectivity index (χ1n) is 20.2. The molecule has 0 aliphatic heterocycles. The molecule has 0 heterocycles. The molecule has 2 fully saturated rings. The molecule has 2 aromatic carbocycles. The lowest BCUT2D eigenvalue weighted by Gasteiger charge is -2.29. The van der Waals surface area contributed by atoms with Crippen molar-refractivity contribution in [2.45, 2.75) is 168 Å². The average Bonchev–Trinajstić information content (AvgIpc) is 3.14. The molecule has 6 nitrogen and oxygen atoms in total. The van der Waals surface area contributed by atoms with E-state index in [-0.39, 0.29) is 26.4 Å². The van der Waals surface area contributed by atoms with Gasteiger partial charge >= 0.3 is 11.9 Å². The van der Waals surface area contributed by atoms with E-state index in [9.17, 15) is 9.59 Å². The highest BCUT2D eigenvalue weighted by atomic mass is 16.6. The number of unbranched alkanes of at least 4 members (excludes halogenated alkanes) is 4. The largest absolute Gasteiger partial charge is 0.464 e. The molecule has 0 bridgehead atoms. The van der Waals surface area contributed by atoms with E-state index in [1.807, 2.05) is 0 Å². The van der Waals surface area contributed by atoms with Crippen LogP contribution < -0.4 is 0 Å². The number of hydrogen-bond donors (Lipinski definition) is 0. The van der Waals surface area contributed by atoms with Gasteiger partial charge in [-0.3, -0.25) is 0 Å². The third-order valence-corrected chi connectivity index (χ3v) is 11.2. The maximum absolute atomic E-state index is 13.2. The van der Waals surface area contributed by atoms with Crippen molar-refractivity contribution >= 4 is 11.9 Å². The zero-order valence-electron chi connectivity index (χ0n) is 31.7. The van der Waals surface area contributed by atoms with E-state index in [0.29, 0.717) is 11.8 Å². The Labute approximate surface area is 303 Å². The van der Waals surface area contributed by atoms with Crippen molar-refractivity contribution < 1.29 is 28.5 Å². The Morgan fingerprint density at radius 1 is 0.540 bits per heavy atom. The monoisotopic (exact) mass is 690 g/mol. The number of carbonyl (C=O) groups excluding carboxylic acids is 2. The first kappa shape index (κ1) is 40.1. The highest BCUT2D eigenvalue weighted by Crippen LogP contribution is 2.39. The molecule has 0 unspecified atom stereocenters. The van der Waals surface area contributed by atoms with Gasteiger partial charge in [0.05, 0.1) is 26.4 Å². The third-order valence-electron chi connectivity index (χ3n) is 11.2. The van der Waals surface area contributed by atoms with Gasteiger partial charge in [-0.25, -0.2) is 9.59 Å². The summed E-state index contributed by atoms with van der Waals surface area (Å²) in [6, 6.07) is 17.1. The van der Waals surface area contributed by atoms with Crippen LogP contribution in [0.4, 0.5) is 0 Å². The number of rotatable bonds is 21. The molecule has 2 saturated carbocycles. The van der Waals surface area contributed by atoms with E-state index >= 15 is 0 Å². The van der Waals surface area contributed by atoms with Gasteiger partial charge in [-0.05, 0) is 111 Å². The summed E-state index contributed by atoms with van der Waals surface area (Å²) in [6.07, 6.45) is 18.5. The van der Waals surface area contributed by atoms with Crippen LogP contribution in [0.3, 0.4) is 0 Å². The van der Waals surface area contributed by atoms with Crippen LogP contribution in [0.2, 0.25) is 0 Å². The van der Waals surface area contributed by atoms with Gasteiger partial charge in [-0.1, -0.05) is 114 Å². The van der Waals surface area contributed by atoms with Gasteiger partial charge in [0.2, 0.25) is 0 Å². The molecule has 0 N–H and O–H groups in total. The molecule has 278 valence electrons. The van der Waals surface area contributed by atoms with E-state index in [4.69, 9.17) is 18.9 Å². The molecule has 0 amide bonds. The Kier molecular flexibility index (Phi) is 17.9. The number of carbonyl (C=O) groups is 2. The second kappa shape index (κ2) is 22.3. The maximum Gasteiger partial charge on any atom is 0.338 e. The van der Waals surface area contributed by atoms with Gasteiger partial charge in [0.15, 0.2) is 12.2 Å². The van der Waals surface area contributed by atoms with Gasteiger partial charge < -0.3 is 18.9 Å². The van der Waals surface area contributed by atoms with Crippen LogP contribution in [0.25, 0.3) is 0 Å². The molecule has 0 aromatic heterocycles. The van der Waals surface area contributed by atoms with Gasteiger partial charge in [0.25, 0.3) is 0 Å². The summed E-state index contributed by atoms with van der Waals surface area (Å²) in [4.78, 5) is 26.4. The highest BCUT2D eigenvalue weighted by Gasteiger charge is 2.38. The van der Waals surface area contributed by atoms with E-state index in [2.05, 4.69) is 62.4 Å². The lowest BCUT2D eigenvalue weighted by atomic mass is 9.77. The van der Waals surface area contributed by atoms with Gasteiger partial charge in [-0.15, -0.1) is 0 Å². The van der Waals surface area contributed by atoms with Crippen molar-refractivity contribution in [3.8, 4) is 0 Å². The zero-order valence-corrected chi connectivity index (χ0v) is 31.7. The van der Waals surface area contributed by atoms with Crippen LogP contribution in [0, 0.1) is 11.8 Å². The first-order chi connectivity index (χ1) is 24.4. The standard InChI is InChI=1S/C44H66O6/c1-5-9-11-13-33-15-23-37(24-16-33)39-27-19-35(20-28-39)31-49-41(43(45)47-7-3)42(44(46)48-8-4)50-32-36-21-29-40(30-22-36)38-25-17-34(18-26-38)14-12-10-6-2/h19-22,27-30,33-34,37-38,41-42H,5-18,23-26,31-32H2,1-4H3/t33?,34?,37?,38?,41-,42-/m1/s1. The molecule has 2 atom stereocenters. The molecule has 0 radical (unpaired) electrons. The normalized spacial score (nSPS) is 22.1. The molecule has 0 saturated heterocycles. The van der Waals surface area contributed by atoms with Crippen molar-refractivity contribution in [1.29, 1.82) is 0 Å². The molecule has 4 rings (SSSR count). The molecule has 6 heteroatoms. The van der Waals surface area contributed by atoms with Crippen molar-refractivity contribution in [3.63, 3.8) is 0 Å². The predicted octanol–water partition coefficient (Wildman–Crippen LogP) is 11.0. The molecular formula is C44H66O6. The van der Waals surface area contributed by atoms with Crippen LogP contribution in [-0.2, 0) is 41.8 Å². The summed E-state index contributed by atoms with van der Waals surface area (Å²) in [6.45, 7) is 8.69. The van der Waals surface area contributed by atoms with Crippen LogP contribution in [0.5, 0.6) is 0 Å². The number of esters is 2. The Balaban J connectivity index is 1.33. The van der Waals surface area contributed by atoms with Crippen molar-refractivity contribution in [1.82, 2.24) is 0 Å². The Morgan fingerprint density at radius 3 is 1.22 bits per heavy atom. The molecule has 0 spiro atoms. The lowest BCUT2D eigenvalue weighted by molar-refractivity contribution is -0.185.